The number of hydrogen-bond donors (Lipinski definition) is 1. The minimum absolute atomic E-state index is 0.486. The van der Waals surface area contributed by atoms with Gasteiger partial charge in [-0.1, -0.05) is 36.2 Å². The van der Waals surface area contributed by atoms with E-state index < -0.39 is 0 Å². The second kappa shape index (κ2) is 7.80. The number of rotatable bonds is 7. The van der Waals surface area contributed by atoms with Crippen molar-refractivity contribution >= 4 is 0 Å². The summed E-state index contributed by atoms with van der Waals surface area (Å²) in [5.74, 6) is 0. The maximum Gasteiger partial charge on any atom is 0.0576 e. The van der Waals surface area contributed by atoms with Gasteiger partial charge in [0.05, 0.1) is 6.10 Å². The molecule has 0 amide bonds. The lowest BCUT2D eigenvalue weighted by molar-refractivity contribution is 0.101. The molecule has 1 N–H and O–H groups in total. The van der Waals surface area contributed by atoms with Crippen molar-refractivity contribution in [1.29, 1.82) is 0 Å². The van der Waals surface area contributed by atoms with Crippen LogP contribution in [0.3, 0.4) is 0 Å². The van der Waals surface area contributed by atoms with Gasteiger partial charge in [-0.2, -0.15) is 0 Å². The van der Waals surface area contributed by atoms with E-state index in [2.05, 4.69) is 44.3 Å². The van der Waals surface area contributed by atoms with Crippen LogP contribution in [0.4, 0.5) is 0 Å². The monoisotopic (exact) mass is 275 g/mol. The molecule has 0 aliphatic carbocycles. The average molecular weight is 275 g/mol. The van der Waals surface area contributed by atoms with E-state index in [0.717, 1.165) is 13.2 Å². The average Bonchev–Trinajstić information content (AvgIpc) is 2.89. The van der Waals surface area contributed by atoms with Crippen molar-refractivity contribution in [2.45, 2.75) is 65.0 Å². The predicted molar refractivity (Wildman–Crippen MR) is 85.2 cm³/mol. The van der Waals surface area contributed by atoms with Gasteiger partial charge in [0.2, 0.25) is 0 Å². The Kier molecular flexibility index (Phi) is 6.06. The first-order valence-corrected chi connectivity index (χ1v) is 8.12. The normalized spacial score (nSPS) is 20.2. The molecule has 2 heteroatoms. The van der Waals surface area contributed by atoms with Gasteiger partial charge in [0.25, 0.3) is 0 Å². The number of aryl methyl sites for hydroxylation is 2. The van der Waals surface area contributed by atoms with Crippen LogP contribution in [0.5, 0.6) is 0 Å². The zero-order valence-corrected chi connectivity index (χ0v) is 13.2. The third-order valence-corrected chi connectivity index (χ3v) is 4.14. The lowest BCUT2D eigenvalue weighted by atomic mass is 9.96. The standard InChI is InChI=1S/C18H29NO/c1-4-19-18(9-5-7-17-8-6-10-20-17)16-12-14(2)11-15(3)13-16/h11-13,17-19H,4-10H2,1-3H3. The summed E-state index contributed by atoms with van der Waals surface area (Å²) in [7, 11) is 0. The molecule has 112 valence electrons. The fourth-order valence-electron chi connectivity index (χ4n) is 3.27. The Hall–Kier alpha value is -0.860. The molecule has 2 unspecified atom stereocenters. The number of benzene rings is 1. The molecule has 0 bridgehead atoms. The molecular formula is C18H29NO. The molecule has 1 saturated heterocycles. The first kappa shape index (κ1) is 15.5. The van der Waals surface area contributed by atoms with Gasteiger partial charge >= 0.3 is 0 Å². The highest BCUT2D eigenvalue weighted by Crippen LogP contribution is 2.24. The summed E-state index contributed by atoms with van der Waals surface area (Å²) in [6.07, 6.45) is 6.70. The Bertz CT molecular complexity index is 390. The number of nitrogens with one attached hydrogen (secondary N) is 1. The first-order chi connectivity index (χ1) is 9.69. The van der Waals surface area contributed by atoms with Crippen LogP contribution in [0.2, 0.25) is 0 Å². The van der Waals surface area contributed by atoms with Crippen molar-refractivity contribution in [3.63, 3.8) is 0 Å². The van der Waals surface area contributed by atoms with Gasteiger partial charge in [-0.25, -0.2) is 0 Å². The van der Waals surface area contributed by atoms with E-state index >= 15 is 0 Å². The SMILES string of the molecule is CCNC(CCCC1CCCO1)c1cc(C)cc(C)c1. The molecule has 1 aromatic carbocycles. The Labute approximate surface area is 123 Å². The summed E-state index contributed by atoms with van der Waals surface area (Å²) in [6, 6.07) is 7.39. The lowest BCUT2D eigenvalue weighted by Gasteiger charge is -2.20. The Morgan fingerprint density at radius 2 is 2.00 bits per heavy atom. The predicted octanol–water partition coefficient (Wildman–Crippen LogP) is 4.30. The molecule has 1 aliphatic rings. The highest BCUT2D eigenvalue weighted by atomic mass is 16.5. The summed E-state index contributed by atoms with van der Waals surface area (Å²) in [5, 5.41) is 3.64. The highest BCUT2D eigenvalue weighted by Gasteiger charge is 2.17. The summed E-state index contributed by atoms with van der Waals surface area (Å²) in [4.78, 5) is 0. The van der Waals surface area contributed by atoms with Crippen LogP contribution in [0, 0.1) is 13.8 Å². The topological polar surface area (TPSA) is 21.3 Å². The highest BCUT2D eigenvalue weighted by molar-refractivity contribution is 5.30. The van der Waals surface area contributed by atoms with Crippen LogP contribution in [0.1, 0.15) is 61.8 Å². The molecule has 0 aromatic heterocycles. The zero-order valence-electron chi connectivity index (χ0n) is 13.2. The van der Waals surface area contributed by atoms with Crippen molar-refractivity contribution in [3.8, 4) is 0 Å². The molecule has 1 aliphatic heterocycles. The number of ether oxygens (including phenoxy) is 1. The van der Waals surface area contributed by atoms with E-state index in [1.165, 1.54) is 48.8 Å². The third-order valence-electron chi connectivity index (χ3n) is 4.14. The summed E-state index contributed by atoms with van der Waals surface area (Å²) in [5.41, 5.74) is 4.17. The van der Waals surface area contributed by atoms with Crippen LogP contribution < -0.4 is 5.32 Å². The molecule has 0 radical (unpaired) electrons. The van der Waals surface area contributed by atoms with E-state index in [1.54, 1.807) is 0 Å². The quantitative estimate of drug-likeness (QED) is 0.801. The molecule has 2 atom stereocenters. The van der Waals surface area contributed by atoms with Crippen molar-refractivity contribution in [2.24, 2.45) is 0 Å². The first-order valence-electron chi connectivity index (χ1n) is 8.12. The third kappa shape index (κ3) is 4.60. The fourth-order valence-corrected chi connectivity index (χ4v) is 3.27. The van der Waals surface area contributed by atoms with Gasteiger partial charge < -0.3 is 10.1 Å². The largest absolute Gasteiger partial charge is 0.378 e. The number of hydrogen-bond acceptors (Lipinski definition) is 2. The molecule has 1 fully saturated rings. The Morgan fingerprint density at radius 3 is 2.60 bits per heavy atom. The van der Waals surface area contributed by atoms with Crippen LogP contribution >= 0.6 is 0 Å². The minimum Gasteiger partial charge on any atom is -0.378 e. The van der Waals surface area contributed by atoms with Crippen molar-refractivity contribution in [1.82, 2.24) is 5.32 Å². The zero-order chi connectivity index (χ0) is 14.4. The van der Waals surface area contributed by atoms with Crippen LogP contribution in [0.15, 0.2) is 18.2 Å². The van der Waals surface area contributed by atoms with E-state index in [4.69, 9.17) is 4.74 Å². The van der Waals surface area contributed by atoms with Crippen molar-refractivity contribution in [3.05, 3.63) is 34.9 Å². The van der Waals surface area contributed by atoms with Gasteiger partial charge in [0.1, 0.15) is 0 Å². The second-order valence-corrected chi connectivity index (χ2v) is 6.10. The van der Waals surface area contributed by atoms with Crippen molar-refractivity contribution < 1.29 is 4.74 Å². The van der Waals surface area contributed by atoms with Crippen LogP contribution in [0.25, 0.3) is 0 Å². The molecule has 2 rings (SSSR count). The van der Waals surface area contributed by atoms with Gasteiger partial charge in [0.15, 0.2) is 0 Å². The molecule has 0 saturated carbocycles. The van der Waals surface area contributed by atoms with Gasteiger partial charge in [-0.15, -0.1) is 0 Å². The van der Waals surface area contributed by atoms with E-state index in [-0.39, 0.29) is 0 Å². The molecule has 2 nitrogen and oxygen atoms in total. The smallest absolute Gasteiger partial charge is 0.0576 e. The fraction of sp³-hybridized carbons (Fsp3) is 0.667. The maximum atomic E-state index is 5.72. The molecule has 1 aromatic rings. The summed E-state index contributed by atoms with van der Waals surface area (Å²) in [6.45, 7) is 8.56. The lowest BCUT2D eigenvalue weighted by Crippen LogP contribution is -2.21. The molecule has 1 heterocycles. The Balaban J connectivity index is 1.91. The summed E-state index contributed by atoms with van der Waals surface area (Å²) >= 11 is 0. The van der Waals surface area contributed by atoms with E-state index in [9.17, 15) is 0 Å². The van der Waals surface area contributed by atoms with Gasteiger partial charge in [-0.05, 0) is 58.1 Å². The van der Waals surface area contributed by atoms with E-state index in [1.807, 2.05) is 0 Å². The Morgan fingerprint density at radius 1 is 1.25 bits per heavy atom. The van der Waals surface area contributed by atoms with Gasteiger partial charge in [-0.3, -0.25) is 0 Å². The molecule has 0 spiro atoms. The maximum absolute atomic E-state index is 5.72. The van der Waals surface area contributed by atoms with Gasteiger partial charge in [0, 0.05) is 12.6 Å². The minimum atomic E-state index is 0.486. The van der Waals surface area contributed by atoms with E-state index in [0.29, 0.717) is 12.1 Å². The molecular weight excluding hydrogens is 246 g/mol. The summed E-state index contributed by atoms with van der Waals surface area (Å²) < 4.78 is 5.72. The van der Waals surface area contributed by atoms with Crippen LogP contribution in [-0.4, -0.2) is 19.3 Å². The molecule has 20 heavy (non-hydrogen) atoms. The van der Waals surface area contributed by atoms with Crippen LogP contribution in [-0.2, 0) is 4.74 Å². The second-order valence-electron chi connectivity index (χ2n) is 6.10. The van der Waals surface area contributed by atoms with Crippen molar-refractivity contribution in [2.75, 3.05) is 13.2 Å².